The topological polar surface area (TPSA) is 294 Å². The number of nitrogens with one attached hydrogen (secondary N) is 3. The fourth-order valence-electron chi connectivity index (χ4n) is 5.62. The monoisotopic (exact) mass is 785 g/mol. The highest BCUT2D eigenvalue weighted by atomic mass is 16.7. The Morgan fingerprint density at radius 1 is 0.946 bits per heavy atom. The van der Waals surface area contributed by atoms with Gasteiger partial charge in [0, 0.05) is 5.56 Å². The number of aryl methyl sites for hydroxylation is 2. The van der Waals surface area contributed by atoms with Crippen molar-refractivity contribution in [3.63, 3.8) is 0 Å². The summed E-state index contributed by atoms with van der Waals surface area (Å²) in [5.41, 5.74) is 0.230. The SMILES string of the molecule is CCCCCC(C(=O)NCNC(=O)c1ccc(-c2ccc(C(=O)NC(CC(=O)O)C(=O)O)c(OCC(=O)O)c2)o1)C(CC)N(C=O)OC(=O)c1c(C)noc1C. The number of hydroxylamine groups is 2. The van der Waals surface area contributed by atoms with Gasteiger partial charge in [-0.15, -0.1) is 0 Å². The van der Waals surface area contributed by atoms with E-state index in [0.29, 0.717) is 19.3 Å². The van der Waals surface area contributed by atoms with Crippen LogP contribution in [0.1, 0.15) is 95.1 Å². The molecule has 0 saturated carbocycles. The van der Waals surface area contributed by atoms with E-state index in [4.69, 9.17) is 28.7 Å². The van der Waals surface area contributed by atoms with Gasteiger partial charge in [0.15, 0.2) is 12.4 Å². The number of rotatable bonds is 23. The first-order chi connectivity index (χ1) is 26.6. The maximum absolute atomic E-state index is 13.5. The molecular formula is C36H43N5O15. The Kier molecular flexibility index (Phi) is 16.1. The number of ether oxygens (including phenoxy) is 1. The van der Waals surface area contributed by atoms with E-state index < -0.39 is 72.6 Å². The molecule has 0 saturated heterocycles. The van der Waals surface area contributed by atoms with E-state index in [0.717, 1.165) is 17.9 Å². The molecule has 0 spiro atoms. The smallest absolute Gasteiger partial charge is 0.368 e. The first-order valence-electron chi connectivity index (χ1n) is 17.4. The maximum atomic E-state index is 13.5. The van der Waals surface area contributed by atoms with E-state index in [2.05, 4.69) is 21.1 Å². The number of carboxylic acids is 3. The van der Waals surface area contributed by atoms with Gasteiger partial charge in [-0.05, 0) is 51.0 Å². The zero-order valence-electron chi connectivity index (χ0n) is 31.0. The van der Waals surface area contributed by atoms with Crippen LogP contribution in [0.15, 0.2) is 39.3 Å². The first kappa shape index (κ1) is 43.7. The summed E-state index contributed by atoms with van der Waals surface area (Å²) in [4.78, 5) is 103. The van der Waals surface area contributed by atoms with Crippen LogP contribution in [-0.4, -0.2) is 98.9 Å². The number of hydrogen-bond donors (Lipinski definition) is 6. The van der Waals surface area contributed by atoms with Crippen molar-refractivity contribution >= 4 is 48.0 Å². The Bertz CT molecular complexity index is 1900. The van der Waals surface area contributed by atoms with Crippen molar-refractivity contribution in [2.24, 2.45) is 5.92 Å². The summed E-state index contributed by atoms with van der Waals surface area (Å²) in [5, 5.41) is 39.1. The predicted octanol–water partition coefficient (Wildman–Crippen LogP) is 2.68. The van der Waals surface area contributed by atoms with E-state index in [1.165, 1.54) is 37.3 Å². The third-order valence-corrected chi connectivity index (χ3v) is 8.38. The lowest BCUT2D eigenvalue weighted by atomic mass is 9.90. The van der Waals surface area contributed by atoms with Crippen LogP contribution in [0.3, 0.4) is 0 Å². The average molecular weight is 786 g/mol. The van der Waals surface area contributed by atoms with Gasteiger partial charge in [0.1, 0.15) is 28.9 Å². The molecule has 3 atom stereocenters. The number of nitrogens with zero attached hydrogens (tertiary/aromatic N) is 2. The Hall–Kier alpha value is -6.73. The highest BCUT2D eigenvalue weighted by Crippen LogP contribution is 2.30. The maximum Gasteiger partial charge on any atom is 0.368 e. The molecule has 0 bridgehead atoms. The number of hydrogen-bond acceptors (Lipinski definition) is 13. The summed E-state index contributed by atoms with van der Waals surface area (Å²) in [5.74, 6) is -8.76. The number of aromatic nitrogens is 1. The van der Waals surface area contributed by atoms with E-state index in [9.17, 15) is 43.5 Å². The molecule has 0 aliphatic carbocycles. The number of benzene rings is 1. The molecule has 0 aliphatic rings. The van der Waals surface area contributed by atoms with Gasteiger partial charge in [0.05, 0.1) is 36.3 Å². The van der Waals surface area contributed by atoms with Crippen molar-refractivity contribution in [3.8, 4) is 17.1 Å². The summed E-state index contributed by atoms with van der Waals surface area (Å²) in [6.45, 7) is 5.52. The fraction of sp³-hybridized carbons (Fsp3) is 0.417. The van der Waals surface area contributed by atoms with Gasteiger partial charge in [0.2, 0.25) is 12.3 Å². The number of furan rings is 1. The van der Waals surface area contributed by atoms with Crippen LogP contribution in [-0.2, 0) is 28.8 Å². The van der Waals surface area contributed by atoms with Crippen LogP contribution in [0.2, 0.25) is 0 Å². The quantitative estimate of drug-likeness (QED) is 0.0349. The summed E-state index contributed by atoms with van der Waals surface area (Å²) in [6.07, 6.45) is 2.23. The van der Waals surface area contributed by atoms with Crippen molar-refractivity contribution < 1.29 is 72.2 Å². The number of carbonyl (C=O) groups excluding carboxylic acids is 5. The number of carbonyl (C=O) groups is 8. The lowest BCUT2D eigenvalue weighted by Crippen LogP contribution is -2.49. The molecule has 0 fully saturated rings. The average Bonchev–Trinajstić information content (AvgIpc) is 3.78. The minimum absolute atomic E-state index is 0.0551. The number of amides is 4. The van der Waals surface area contributed by atoms with Crippen molar-refractivity contribution in [1.82, 2.24) is 26.2 Å². The van der Waals surface area contributed by atoms with Gasteiger partial charge in [0.25, 0.3) is 11.8 Å². The predicted molar refractivity (Wildman–Crippen MR) is 190 cm³/mol. The minimum Gasteiger partial charge on any atom is -0.481 e. The first-order valence-corrected chi connectivity index (χ1v) is 17.4. The van der Waals surface area contributed by atoms with Gasteiger partial charge in [-0.1, -0.05) is 44.3 Å². The highest BCUT2D eigenvalue weighted by Gasteiger charge is 2.34. The molecule has 3 rings (SSSR count). The third-order valence-electron chi connectivity index (χ3n) is 8.38. The summed E-state index contributed by atoms with van der Waals surface area (Å²) >= 11 is 0. The van der Waals surface area contributed by atoms with Gasteiger partial charge in [-0.2, -0.15) is 5.06 Å². The van der Waals surface area contributed by atoms with Crippen molar-refractivity contribution in [2.75, 3.05) is 13.3 Å². The number of unbranched alkanes of at least 4 members (excludes halogenated alkanes) is 2. The second kappa shape index (κ2) is 20.7. The van der Waals surface area contributed by atoms with E-state index in [1.54, 1.807) is 13.8 Å². The molecule has 2 heterocycles. The van der Waals surface area contributed by atoms with Crippen molar-refractivity contribution in [3.05, 3.63) is 58.7 Å². The van der Waals surface area contributed by atoms with Crippen LogP contribution < -0.4 is 20.7 Å². The second-order valence-electron chi connectivity index (χ2n) is 12.4. The van der Waals surface area contributed by atoms with Gasteiger partial charge < -0.3 is 49.8 Å². The molecule has 20 heteroatoms. The van der Waals surface area contributed by atoms with Gasteiger partial charge in [-0.25, -0.2) is 14.4 Å². The molecule has 4 amide bonds. The number of carboxylic acid groups (broad SMARTS) is 3. The molecule has 302 valence electrons. The van der Waals surface area contributed by atoms with Crippen LogP contribution in [0.25, 0.3) is 11.3 Å². The fourth-order valence-corrected chi connectivity index (χ4v) is 5.62. The molecule has 56 heavy (non-hydrogen) atoms. The molecule has 0 aliphatic heterocycles. The summed E-state index contributed by atoms with van der Waals surface area (Å²) in [6, 6.07) is 3.77. The molecular weight excluding hydrogens is 742 g/mol. The number of aliphatic carboxylic acids is 3. The van der Waals surface area contributed by atoms with Crippen LogP contribution in [0, 0.1) is 19.8 Å². The van der Waals surface area contributed by atoms with Gasteiger partial charge >= 0.3 is 23.9 Å². The summed E-state index contributed by atoms with van der Waals surface area (Å²) in [7, 11) is 0. The van der Waals surface area contributed by atoms with Crippen LogP contribution in [0.5, 0.6) is 5.75 Å². The molecule has 2 aromatic heterocycles. The molecule has 20 nitrogen and oxygen atoms in total. The lowest BCUT2D eigenvalue weighted by Gasteiger charge is -2.31. The second-order valence-corrected chi connectivity index (χ2v) is 12.4. The largest absolute Gasteiger partial charge is 0.481 e. The van der Waals surface area contributed by atoms with Crippen LogP contribution >= 0.6 is 0 Å². The molecule has 6 N–H and O–H groups in total. The van der Waals surface area contributed by atoms with Crippen LogP contribution in [0.4, 0.5) is 0 Å². The molecule has 3 unspecified atom stereocenters. The Morgan fingerprint density at radius 3 is 2.27 bits per heavy atom. The van der Waals surface area contributed by atoms with E-state index >= 15 is 0 Å². The third kappa shape index (κ3) is 11.9. The zero-order chi connectivity index (χ0) is 41.5. The Balaban J connectivity index is 1.73. The molecule has 0 radical (unpaired) electrons. The minimum atomic E-state index is -1.79. The van der Waals surface area contributed by atoms with E-state index in [1.807, 2.05) is 6.92 Å². The standard InChI is InChI=1S/C36H43N5O15/c1-5-7-8-9-22(25(6-2)41(18-42)56-36(52)31-19(3)40-55-20(31)4)32(47)37-17-38-34(49)27-13-12-26(54-27)21-10-11-23(28(14-21)53-16-30(45)46)33(48)39-24(35(50)51)15-29(43)44/h10-14,18,22,24-25H,5-9,15-17H2,1-4H3,(H,37,47)(H,38,49)(H,39,48)(H,43,44)(H,45,46)(H,50,51). The van der Waals surface area contributed by atoms with Gasteiger partial charge in [-0.3, -0.25) is 24.0 Å². The summed E-state index contributed by atoms with van der Waals surface area (Å²) < 4.78 is 15.9. The lowest BCUT2D eigenvalue weighted by molar-refractivity contribution is -0.171. The highest BCUT2D eigenvalue weighted by molar-refractivity contribution is 6.00. The van der Waals surface area contributed by atoms with Crippen molar-refractivity contribution in [1.29, 1.82) is 0 Å². The Labute approximate surface area is 319 Å². The zero-order valence-corrected chi connectivity index (χ0v) is 31.0. The molecule has 1 aromatic carbocycles. The van der Waals surface area contributed by atoms with E-state index in [-0.39, 0.29) is 58.5 Å². The normalized spacial score (nSPS) is 12.4. The molecule has 3 aromatic rings. The Morgan fingerprint density at radius 2 is 1.68 bits per heavy atom. The van der Waals surface area contributed by atoms with Crippen molar-refractivity contribution in [2.45, 2.75) is 78.3 Å².